The Morgan fingerprint density at radius 2 is 2.25 bits per heavy atom. The van der Waals surface area contributed by atoms with Gasteiger partial charge in [-0.2, -0.15) is 13.2 Å². The Labute approximate surface area is 66.5 Å². The third-order valence-corrected chi connectivity index (χ3v) is 1.20. The number of hydrogen-bond donors (Lipinski definition) is 1. The van der Waals surface area contributed by atoms with Gasteiger partial charge in [0, 0.05) is 12.6 Å². The van der Waals surface area contributed by atoms with Crippen LogP contribution in [0, 0.1) is 0 Å². The molecule has 3 nitrogen and oxygen atoms in total. The monoisotopic (exact) mass is 180 g/mol. The summed E-state index contributed by atoms with van der Waals surface area (Å²) >= 11 is 0. The Morgan fingerprint density at radius 3 is 2.67 bits per heavy atom. The first-order chi connectivity index (χ1) is 5.54. The van der Waals surface area contributed by atoms with Gasteiger partial charge in [0.15, 0.2) is 0 Å². The Bertz CT molecular complexity index is 256. The molecule has 0 aliphatic rings. The van der Waals surface area contributed by atoms with Gasteiger partial charge in [-0.3, -0.25) is 0 Å². The summed E-state index contributed by atoms with van der Waals surface area (Å²) in [4.78, 5) is 0. The first-order valence-corrected chi connectivity index (χ1v) is 3.21. The Balaban J connectivity index is 2.77. The maximum atomic E-state index is 11.9. The molecular weight excluding hydrogens is 173 g/mol. The SMILES string of the molecule is CNCc1cc(C(F)(F)F)on1. The predicted octanol–water partition coefficient (Wildman–Crippen LogP) is 1.41. The van der Waals surface area contributed by atoms with E-state index in [0.29, 0.717) is 0 Å². The quantitative estimate of drug-likeness (QED) is 0.747. The molecule has 0 bridgehead atoms. The van der Waals surface area contributed by atoms with Crippen LogP contribution in [0.3, 0.4) is 0 Å². The van der Waals surface area contributed by atoms with E-state index in [9.17, 15) is 13.2 Å². The highest BCUT2D eigenvalue weighted by atomic mass is 19.4. The molecule has 1 N–H and O–H groups in total. The van der Waals surface area contributed by atoms with Crippen molar-refractivity contribution in [2.24, 2.45) is 0 Å². The van der Waals surface area contributed by atoms with E-state index < -0.39 is 11.9 Å². The largest absolute Gasteiger partial charge is 0.452 e. The van der Waals surface area contributed by atoms with Crippen molar-refractivity contribution in [1.29, 1.82) is 0 Å². The fraction of sp³-hybridized carbons (Fsp3) is 0.500. The number of halogens is 3. The van der Waals surface area contributed by atoms with Crippen molar-refractivity contribution in [3.63, 3.8) is 0 Å². The summed E-state index contributed by atoms with van der Waals surface area (Å²) in [5.74, 6) is -1.06. The van der Waals surface area contributed by atoms with Gasteiger partial charge in [-0.25, -0.2) is 0 Å². The highest BCUT2D eigenvalue weighted by Crippen LogP contribution is 2.29. The zero-order valence-corrected chi connectivity index (χ0v) is 6.27. The average Bonchev–Trinajstić information content (AvgIpc) is 2.35. The lowest BCUT2D eigenvalue weighted by Crippen LogP contribution is -2.05. The molecule has 0 aliphatic heterocycles. The molecule has 0 atom stereocenters. The standard InChI is InChI=1S/C6H7F3N2O/c1-10-3-4-2-5(12-11-4)6(7,8)9/h2,10H,3H2,1H3. The highest BCUT2D eigenvalue weighted by molar-refractivity contribution is 5.07. The van der Waals surface area contributed by atoms with Gasteiger partial charge in [0.25, 0.3) is 0 Å². The molecule has 0 saturated heterocycles. The molecule has 0 aliphatic carbocycles. The average molecular weight is 180 g/mol. The second kappa shape index (κ2) is 3.14. The minimum absolute atomic E-state index is 0.241. The lowest BCUT2D eigenvalue weighted by Gasteiger charge is -1.97. The van der Waals surface area contributed by atoms with Gasteiger partial charge in [-0.15, -0.1) is 0 Å². The molecule has 0 amide bonds. The van der Waals surface area contributed by atoms with E-state index >= 15 is 0 Å². The van der Waals surface area contributed by atoms with Gasteiger partial charge in [0.1, 0.15) is 0 Å². The summed E-state index contributed by atoms with van der Waals surface area (Å²) in [5.41, 5.74) is 0.241. The van der Waals surface area contributed by atoms with Gasteiger partial charge in [-0.05, 0) is 7.05 Å². The fourth-order valence-electron chi connectivity index (χ4n) is 0.710. The van der Waals surface area contributed by atoms with E-state index in [1.165, 1.54) is 0 Å². The molecule has 0 unspecified atom stereocenters. The van der Waals surface area contributed by atoms with E-state index in [2.05, 4.69) is 15.0 Å². The van der Waals surface area contributed by atoms with Crippen LogP contribution in [0.15, 0.2) is 10.6 Å². The topological polar surface area (TPSA) is 38.1 Å². The number of nitrogens with one attached hydrogen (secondary N) is 1. The number of aromatic nitrogens is 1. The number of hydrogen-bond acceptors (Lipinski definition) is 3. The summed E-state index contributed by atoms with van der Waals surface area (Å²) in [7, 11) is 1.61. The van der Waals surface area contributed by atoms with E-state index in [4.69, 9.17) is 0 Å². The minimum atomic E-state index is -4.45. The predicted molar refractivity (Wildman–Crippen MR) is 34.3 cm³/mol. The van der Waals surface area contributed by atoms with E-state index in [1.54, 1.807) is 7.05 Å². The zero-order valence-electron chi connectivity index (χ0n) is 6.27. The summed E-state index contributed by atoms with van der Waals surface area (Å²) < 4.78 is 39.7. The molecule has 0 fully saturated rings. The summed E-state index contributed by atoms with van der Waals surface area (Å²) in [6.45, 7) is 0.263. The van der Waals surface area contributed by atoms with Crippen molar-refractivity contribution in [3.05, 3.63) is 17.5 Å². The van der Waals surface area contributed by atoms with Crippen LogP contribution < -0.4 is 5.32 Å². The van der Waals surface area contributed by atoms with Gasteiger partial charge in [0.05, 0.1) is 5.69 Å². The second-order valence-corrected chi connectivity index (χ2v) is 2.21. The molecule has 1 aromatic heterocycles. The lowest BCUT2D eigenvalue weighted by atomic mass is 10.3. The maximum absolute atomic E-state index is 11.9. The van der Waals surface area contributed by atoms with Crippen LogP contribution in [0.5, 0.6) is 0 Å². The third-order valence-electron chi connectivity index (χ3n) is 1.20. The number of nitrogens with zero attached hydrogens (tertiary/aromatic N) is 1. The van der Waals surface area contributed by atoms with Crippen LogP contribution in [0.4, 0.5) is 13.2 Å². The molecule has 6 heteroatoms. The van der Waals surface area contributed by atoms with Crippen LogP contribution in [0.1, 0.15) is 11.5 Å². The molecule has 0 saturated carbocycles. The Kier molecular flexibility index (Phi) is 2.37. The lowest BCUT2D eigenvalue weighted by molar-refractivity contribution is -0.155. The minimum Gasteiger partial charge on any atom is -0.351 e. The Hall–Kier alpha value is -1.04. The van der Waals surface area contributed by atoms with E-state index in [1.807, 2.05) is 0 Å². The molecule has 0 radical (unpaired) electrons. The molecule has 1 heterocycles. The summed E-state index contributed by atoms with van der Waals surface area (Å²) in [6.07, 6.45) is -4.45. The van der Waals surface area contributed by atoms with Crippen LogP contribution in [0.25, 0.3) is 0 Å². The molecular formula is C6H7F3N2O. The smallest absolute Gasteiger partial charge is 0.351 e. The Morgan fingerprint density at radius 1 is 1.58 bits per heavy atom. The van der Waals surface area contributed by atoms with Crippen LogP contribution in [0.2, 0.25) is 0 Å². The highest BCUT2D eigenvalue weighted by Gasteiger charge is 2.35. The summed E-state index contributed by atoms with van der Waals surface area (Å²) in [5, 5.41) is 5.87. The number of rotatable bonds is 2. The van der Waals surface area contributed by atoms with Crippen molar-refractivity contribution in [1.82, 2.24) is 10.5 Å². The van der Waals surface area contributed by atoms with Crippen LogP contribution >= 0.6 is 0 Å². The summed E-state index contributed by atoms with van der Waals surface area (Å²) in [6, 6.07) is 0.872. The van der Waals surface area contributed by atoms with Crippen molar-refractivity contribution in [3.8, 4) is 0 Å². The van der Waals surface area contributed by atoms with Crippen LogP contribution in [-0.4, -0.2) is 12.2 Å². The first kappa shape index (κ1) is 9.05. The van der Waals surface area contributed by atoms with Crippen molar-refractivity contribution in [2.75, 3.05) is 7.05 Å². The fourth-order valence-corrected chi connectivity index (χ4v) is 0.710. The van der Waals surface area contributed by atoms with Gasteiger partial charge < -0.3 is 9.84 Å². The normalized spacial score (nSPS) is 12.0. The third kappa shape index (κ3) is 1.97. The van der Waals surface area contributed by atoms with E-state index in [-0.39, 0.29) is 12.2 Å². The van der Waals surface area contributed by atoms with Gasteiger partial charge in [-0.1, -0.05) is 5.16 Å². The first-order valence-electron chi connectivity index (χ1n) is 3.21. The number of alkyl halides is 3. The van der Waals surface area contributed by atoms with Crippen molar-refractivity contribution < 1.29 is 17.7 Å². The molecule has 12 heavy (non-hydrogen) atoms. The molecule has 0 aromatic carbocycles. The second-order valence-electron chi connectivity index (χ2n) is 2.21. The molecule has 1 rings (SSSR count). The molecule has 68 valence electrons. The zero-order chi connectivity index (χ0) is 9.19. The molecule has 0 spiro atoms. The van der Waals surface area contributed by atoms with Crippen LogP contribution in [-0.2, 0) is 12.7 Å². The molecule has 1 aromatic rings. The van der Waals surface area contributed by atoms with Crippen molar-refractivity contribution >= 4 is 0 Å². The van der Waals surface area contributed by atoms with Gasteiger partial charge >= 0.3 is 6.18 Å². The van der Waals surface area contributed by atoms with E-state index in [0.717, 1.165) is 6.07 Å². The maximum Gasteiger partial charge on any atom is 0.452 e. The van der Waals surface area contributed by atoms with Crippen molar-refractivity contribution in [2.45, 2.75) is 12.7 Å². The van der Waals surface area contributed by atoms with Gasteiger partial charge in [0.2, 0.25) is 5.76 Å².